The van der Waals surface area contributed by atoms with Gasteiger partial charge in [0.1, 0.15) is 12.4 Å². The quantitative estimate of drug-likeness (QED) is 0.586. The zero-order valence-electron chi connectivity index (χ0n) is 17.4. The molecule has 3 aromatic rings. The number of nitrogens with zero attached hydrogens (tertiary/aromatic N) is 3. The van der Waals surface area contributed by atoms with Gasteiger partial charge in [-0.05, 0) is 56.0 Å². The van der Waals surface area contributed by atoms with Gasteiger partial charge in [-0.2, -0.15) is 0 Å². The number of thioether (sulfide) groups is 1. The summed E-state index contributed by atoms with van der Waals surface area (Å²) >= 11 is 1.36. The van der Waals surface area contributed by atoms with E-state index in [1.807, 2.05) is 62.7 Å². The SMILES string of the molecule is Cc1cccc(OCc2nnc(SCC(=O)Nc3c(C)cccc3C)n2C)c1C. The van der Waals surface area contributed by atoms with E-state index in [9.17, 15) is 4.79 Å². The third-order valence-corrected chi connectivity index (χ3v) is 5.93. The molecule has 1 N–H and O–H groups in total. The van der Waals surface area contributed by atoms with Crippen LogP contribution in [0.1, 0.15) is 28.1 Å². The van der Waals surface area contributed by atoms with Crippen molar-refractivity contribution in [3.05, 3.63) is 64.5 Å². The highest BCUT2D eigenvalue weighted by atomic mass is 32.2. The first-order valence-electron chi connectivity index (χ1n) is 9.43. The maximum Gasteiger partial charge on any atom is 0.234 e. The first-order valence-corrected chi connectivity index (χ1v) is 10.4. The van der Waals surface area contributed by atoms with Crippen LogP contribution in [0.4, 0.5) is 5.69 Å². The molecule has 6 nitrogen and oxygen atoms in total. The first kappa shape index (κ1) is 20.9. The second-order valence-corrected chi connectivity index (χ2v) is 7.99. The number of hydrogen-bond donors (Lipinski definition) is 1. The third kappa shape index (κ3) is 4.98. The molecular formula is C22H26N4O2S. The number of amides is 1. The second-order valence-electron chi connectivity index (χ2n) is 7.05. The number of ether oxygens (including phenoxy) is 1. The fourth-order valence-corrected chi connectivity index (χ4v) is 3.67. The number of carbonyl (C=O) groups excluding carboxylic acids is 1. The number of aromatic nitrogens is 3. The summed E-state index contributed by atoms with van der Waals surface area (Å²) < 4.78 is 7.78. The average molecular weight is 411 g/mol. The van der Waals surface area contributed by atoms with Gasteiger partial charge in [-0.3, -0.25) is 4.79 Å². The number of carbonyl (C=O) groups is 1. The zero-order valence-corrected chi connectivity index (χ0v) is 18.3. The lowest BCUT2D eigenvalue weighted by Gasteiger charge is -2.11. The van der Waals surface area contributed by atoms with Crippen LogP contribution in [0.25, 0.3) is 0 Å². The smallest absolute Gasteiger partial charge is 0.234 e. The summed E-state index contributed by atoms with van der Waals surface area (Å²) in [5.74, 6) is 1.75. The molecule has 0 fully saturated rings. The van der Waals surface area contributed by atoms with Gasteiger partial charge in [0, 0.05) is 12.7 Å². The Kier molecular flexibility index (Phi) is 6.59. The van der Waals surface area contributed by atoms with Crippen LogP contribution >= 0.6 is 11.8 Å². The lowest BCUT2D eigenvalue weighted by Crippen LogP contribution is -2.16. The van der Waals surface area contributed by atoms with E-state index in [-0.39, 0.29) is 11.7 Å². The lowest BCUT2D eigenvalue weighted by atomic mass is 10.1. The Morgan fingerprint density at radius 2 is 1.69 bits per heavy atom. The predicted octanol–water partition coefficient (Wildman–Crippen LogP) is 4.36. The van der Waals surface area contributed by atoms with Crippen molar-refractivity contribution in [2.24, 2.45) is 7.05 Å². The van der Waals surface area contributed by atoms with Gasteiger partial charge in [0.05, 0.1) is 5.75 Å². The van der Waals surface area contributed by atoms with Crippen LogP contribution < -0.4 is 10.1 Å². The highest BCUT2D eigenvalue weighted by Crippen LogP contribution is 2.23. The number of rotatable bonds is 7. The topological polar surface area (TPSA) is 69.0 Å². The minimum atomic E-state index is -0.0661. The maximum absolute atomic E-state index is 12.4. The molecule has 1 heterocycles. The van der Waals surface area contributed by atoms with Crippen molar-refractivity contribution >= 4 is 23.4 Å². The van der Waals surface area contributed by atoms with Gasteiger partial charge in [-0.15, -0.1) is 10.2 Å². The molecule has 2 aromatic carbocycles. The molecule has 0 bridgehead atoms. The van der Waals surface area contributed by atoms with Crippen LogP contribution in [0.5, 0.6) is 5.75 Å². The Morgan fingerprint density at radius 3 is 2.41 bits per heavy atom. The normalized spacial score (nSPS) is 10.8. The number of nitrogens with one attached hydrogen (secondary N) is 1. The van der Waals surface area contributed by atoms with Gasteiger partial charge >= 0.3 is 0 Å². The van der Waals surface area contributed by atoms with Crippen molar-refractivity contribution in [3.8, 4) is 5.75 Å². The number of benzene rings is 2. The Hall–Kier alpha value is -2.80. The van der Waals surface area contributed by atoms with Crippen LogP contribution in [-0.2, 0) is 18.4 Å². The molecule has 7 heteroatoms. The van der Waals surface area contributed by atoms with Gasteiger partial charge in [0.15, 0.2) is 11.0 Å². The molecule has 0 unspecified atom stereocenters. The van der Waals surface area contributed by atoms with Crippen molar-refractivity contribution in [1.82, 2.24) is 14.8 Å². The third-order valence-electron chi connectivity index (χ3n) is 4.91. The summed E-state index contributed by atoms with van der Waals surface area (Å²) in [5, 5.41) is 12.1. The summed E-state index contributed by atoms with van der Waals surface area (Å²) in [6, 6.07) is 11.9. The van der Waals surface area contributed by atoms with Crippen LogP contribution in [0.2, 0.25) is 0 Å². The predicted molar refractivity (Wildman–Crippen MR) is 117 cm³/mol. The Balaban J connectivity index is 1.58. The van der Waals surface area contributed by atoms with Gasteiger partial charge in [-0.1, -0.05) is 42.1 Å². The van der Waals surface area contributed by atoms with E-state index in [1.165, 1.54) is 17.3 Å². The van der Waals surface area contributed by atoms with E-state index in [2.05, 4.69) is 28.5 Å². The maximum atomic E-state index is 12.4. The summed E-state index contributed by atoms with van der Waals surface area (Å²) in [7, 11) is 1.88. The molecule has 29 heavy (non-hydrogen) atoms. The van der Waals surface area contributed by atoms with Gasteiger partial charge in [-0.25, -0.2) is 0 Å². The van der Waals surface area contributed by atoms with E-state index < -0.39 is 0 Å². The van der Waals surface area contributed by atoms with Crippen molar-refractivity contribution in [2.75, 3.05) is 11.1 Å². The molecular weight excluding hydrogens is 384 g/mol. The molecule has 0 atom stereocenters. The molecule has 1 aromatic heterocycles. The zero-order chi connectivity index (χ0) is 21.0. The Morgan fingerprint density at radius 1 is 1.03 bits per heavy atom. The van der Waals surface area contributed by atoms with E-state index in [0.717, 1.165) is 28.1 Å². The molecule has 0 aliphatic carbocycles. The number of aryl methyl sites for hydroxylation is 3. The van der Waals surface area contributed by atoms with Crippen molar-refractivity contribution in [2.45, 2.75) is 39.5 Å². The molecule has 1 amide bonds. The Labute approximate surface area is 175 Å². The van der Waals surface area contributed by atoms with Crippen LogP contribution in [-0.4, -0.2) is 26.4 Å². The molecule has 0 spiro atoms. The van der Waals surface area contributed by atoms with E-state index in [4.69, 9.17) is 4.74 Å². The average Bonchev–Trinajstić information content (AvgIpc) is 3.04. The fraction of sp³-hybridized carbons (Fsp3) is 0.318. The number of anilines is 1. The van der Waals surface area contributed by atoms with Crippen LogP contribution in [0.15, 0.2) is 41.6 Å². The molecule has 0 saturated heterocycles. The minimum Gasteiger partial charge on any atom is -0.485 e. The van der Waals surface area contributed by atoms with Crippen LogP contribution in [0, 0.1) is 27.7 Å². The molecule has 3 rings (SSSR count). The van der Waals surface area contributed by atoms with Crippen molar-refractivity contribution < 1.29 is 9.53 Å². The van der Waals surface area contributed by atoms with E-state index in [1.54, 1.807) is 0 Å². The molecule has 0 aliphatic rings. The Bertz CT molecular complexity index is 1010. The highest BCUT2D eigenvalue weighted by Gasteiger charge is 2.14. The van der Waals surface area contributed by atoms with Crippen molar-refractivity contribution in [1.29, 1.82) is 0 Å². The highest BCUT2D eigenvalue weighted by molar-refractivity contribution is 7.99. The summed E-state index contributed by atoms with van der Waals surface area (Å²) in [6.07, 6.45) is 0. The molecule has 0 saturated carbocycles. The largest absolute Gasteiger partial charge is 0.485 e. The van der Waals surface area contributed by atoms with Crippen molar-refractivity contribution in [3.63, 3.8) is 0 Å². The summed E-state index contributed by atoms with van der Waals surface area (Å²) in [4.78, 5) is 12.4. The number of para-hydroxylation sites is 1. The summed E-state index contributed by atoms with van der Waals surface area (Å²) in [6.45, 7) is 8.39. The first-order chi connectivity index (χ1) is 13.9. The molecule has 152 valence electrons. The molecule has 0 aliphatic heterocycles. The van der Waals surface area contributed by atoms with Crippen LogP contribution in [0.3, 0.4) is 0 Å². The van der Waals surface area contributed by atoms with Gasteiger partial charge in [0.25, 0.3) is 0 Å². The van der Waals surface area contributed by atoms with Gasteiger partial charge in [0.2, 0.25) is 5.91 Å². The standard InChI is InChI=1S/C22H26N4O2S/c1-14-8-7-11-18(17(14)4)28-12-19-24-25-22(26(19)5)29-13-20(27)23-21-15(2)9-6-10-16(21)3/h6-11H,12-13H2,1-5H3,(H,23,27). The second kappa shape index (κ2) is 9.13. The number of hydrogen-bond acceptors (Lipinski definition) is 5. The summed E-state index contributed by atoms with van der Waals surface area (Å²) in [5.41, 5.74) is 5.28. The van der Waals surface area contributed by atoms with E-state index in [0.29, 0.717) is 17.6 Å². The lowest BCUT2D eigenvalue weighted by molar-refractivity contribution is -0.113. The van der Waals surface area contributed by atoms with E-state index >= 15 is 0 Å². The molecule has 0 radical (unpaired) electrons. The monoisotopic (exact) mass is 410 g/mol. The van der Waals surface area contributed by atoms with Gasteiger partial charge < -0.3 is 14.6 Å². The fourth-order valence-electron chi connectivity index (χ4n) is 2.94. The minimum absolute atomic E-state index is 0.0661.